The molecule has 34 heavy (non-hydrogen) atoms. The van der Waals surface area contributed by atoms with E-state index in [-0.39, 0.29) is 24.0 Å². The number of para-hydroxylation sites is 2. The molecule has 11 heteroatoms. The molecule has 0 saturated carbocycles. The van der Waals surface area contributed by atoms with Crippen LogP contribution in [0.25, 0.3) is 22.3 Å². The molecule has 1 fully saturated rings. The third-order valence-corrected chi connectivity index (χ3v) is 6.02. The van der Waals surface area contributed by atoms with E-state index < -0.39 is 29.7 Å². The lowest BCUT2D eigenvalue weighted by Gasteiger charge is -2.27. The summed E-state index contributed by atoms with van der Waals surface area (Å²) in [6.45, 7) is 0.382. The molecule has 0 bridgehead atoms. The van der Waals surface area contributed by atoms with Gasteiger partial charge in [0.05, 0.1) is 28.4 Å². The van der Waals surface area contributed by atoms with E-state index in [4.69, 9.17) is 0 Å². The van der Waals surface area contributed by atoms with Gasteiger partial charge in [-0.15, -0.1) is 5.10 Å². The number of piperidine rings is 1. The van der Waals surface area contributed by atoms with E-state index in [0.717, 1.165) is 21.8 Å². The second kappa shape index (κ2) is 7.44. The van der Waals surface area contributed by atoms with Crippen molar-refractivity contribution < 1.29 is 19.2 Å². The average molecular weight is 455 g/mol. The van der Waals surface area contributed by atoms with Crippen LogP contribution in [0.5, 0.6) is 0 Å². The topological polar surface area (TPSA) is 143 Å². The van der Waals surface area contributed by atoms with Gasteiger partial charge < -0.3 is 4.98 Å². The van der Waals surface area contributed by atoms with E-state index in [9.17, 15) is 19.2 Å². The lowest BCUT2D eigenvalue weighted by atomic mass is 10.0. The van der Waals surface area contributed by atoms with Crippen LogP contribution in [-0.4, -0.2) is 59.5 Å². The Morgan fingerprint density at radius 3 is 2.65 bits per heavy atom. The van der Waals surface area contributed by atoms with Gasteiger partial charge in [0.2, 0.25) is 11.8 Å². The molecule has 1 unspecified atom stereocenters. The molecule has 0 radical (unpaired) electrons. The van der Waals surface area contributed by atoms with Gasteiger partial charge in [0, 0.05) is 12.0 Å². The predicted molar refractivity (Wildman–Crippen MR) is 117 cm³/mol. The normalized spacial score (nSPS) is 18.0. The molecule has 2 N–H and O–H groups in total. The molecule has 6 rings (SSSR count). The fourth-order valence-corrected chi connectivity index (χ4v) is 4.37. The number of carbonyl (C=O) groups is 4. The van der Waals surface area contributed by atoms with Crippen molar-refractivity contribution in [3.05, 3.63) is 65.6 Å². The highest BCUT2D eigenvalue weighted by Gasteiger charge is 2.44. The summed E-state index contributed by atoms with van der Waals surface area (Å²) in [5.41, 5.74) is 3.34. The Hall–Kier alpha value is -4.67. The van der Waals surface area contributed by atoms with Crippen molar-refractivity contribution in [2.24, 2.45) is 0 Å². The van der Waals surface area contributed by atoms with Crippen LogP contribution in [-0.2, 0) is 16.1 Å². The van der Waals surface area contributed by atoms with Gasteiger partial charge >= 0.3 is 0 Å². The first-order chi connectivity index (χ1) is 16.5. The standard InChI is InChI=1S/C23H17N7O4/c31-20-8-7-18(21(32)26-20)30-22(33)13-6-5-12(9-14(13)23(30)34)17-10-29(28-27-17)11-19-24-15-3-1-2-4-16(15)25-19/h1-6,9-10,18H,7-8,11H2,(H,24,25)(H,26,31,32). The van der Waals surface area contributed by atoms with Gasteiger partial charge in [-0.3, -0.25) is 29.4 Å². The van der Waals surface area contributed by atoms with Gasteiger partial charge in [-0.1, -0.05) is 23.4 Å². The summed E-state index contributed by atoms with van der Waals surface area (Å²) in [4.78, 5) is 58.3. The second-order valence-corrected chi connectivity index (χ2v) is 8.21. The number of rotatable bonds is 4. The van der Waals surface area contributed by atoms with Crippen LogP contribution in [0, 0.1) is 0 Å². The molecular weight excluding hydrogens is 438 g/mol. The van der Waals surface area contributed by atoms with Crippen molar-refractivity contribution in [2.45, 2.75) is 25.4 Å². The Kier molecular flexibility index (Phi) is 4.37. The minimum absolute atomic E-state index is 0.0728. The summed E-state index contributed by atoms with van der Waals surface area (Å²) in [5.74, 6) is -1.43. The van der Waals surface area contributed by atoms with Gasteiger partial charge in [-0.2, -0.15) is 0 Å². The van der Waals surface area contributed by atoms with Gasteiger partial charge in [0.1, 0.15) is 24.1 Å². The van der Waals surface area contributed by atoms with Crippen LogP contribution in [0.4, 0.5) is 0 Å². The van der Waals surface area contributed by atoms with Crippen LogP contribution in [0.15, 0.2) is 48.7 Å². The second-order valence-electron chi connectivity index (χ2n) is 8.21. The Balaban J connectivity index is 1.25. The van der Waals surface area contributed by atoms with Crippen molar-refractivity contribution in [3.8, 4) is 11.3 Å². The Labute approximate surface area is 191 Å². The summed E-state index contributed by atoms with van der Waals surface area (Å²) in [6, 6.07) is 11.5. The Morgan fingerprint density at radius 2 is 1.82 bits per heavy atom. The number of hydrogen-bond acceptors (Lipinski definition) is 7. The molecule has 0 spiro atoms. The lowest BCUT2D eigenvalue weighted by Crippen LogP contribution is -2.54. The molecule has 0 aliphatic carbocycles. The maximum atomic E-state index is 13.0. The number of aromatic nitrogens is 5. The molecule has 168 valence electrons. The van der Waals surface area contributed by atoms with Crippen LogP contribution in [0.3, 0.4) is 0 Å². The van der Waals surface area contributed by atoms with Crippen molar-refractivity contribution >= 4 is 34.7 Å². The molecule has 2 aromatic carbocycles. The van der Waals surface area contributed by atoms with Gasteiger partial charge in [0.15, 0.2) is 0 Å². The van der Waals surface area contributed by atoms with Gasteiger partial charge in [-0.05, 0) is 30.7 Å². The van der Waals surface area contributed by atoms with Gasteiger partial charge in [-0.25, -0.2) is 9.67 Å². The van der Waals surface area contributed by atoms with E-state index in [1.165, 1.54) is 0 Å². The highest BCUT2D eigenvalue weighted by Crippen LogP contribution is 2.30. The largest absolute Gasteiger partial charge is 0.340 e. The fourth-order valence-electron chi connectivity index (χ4n) is 4.37. The number of aromatic amines is 1. The van der Waals surface area contributed by atoms with E-state index in [1.54, 1.807) is 29.1 Å². The zero-order valence-electron chi connectivity index (χ0n) is 17.7. The number of amides is 4. The SMILES string of the molecule is O=C1CCC(N2C(=O)c3ccc(-c4cn(Cc5nc6ccccc6[nH]5)nn4)cc3C2=O)C(=O)N1. The molecule has 2 aromatic heterocycles. The summed E-state index contributed by atoms with van der Waals surface area (Å²) in [6.07, 6.45) is 1.91. The van der Waals surface area contributed by atoms with Crippen LogP contribution < -0.4 is 5.32 Å². The minimum Gasteiger partial charge on any atom is -0.340 e. The smallest absolute Gasteiger partial charge is 0.262 e. The monoisotopic (exact) mass is 455 g/mol. The van der Waals surface area contributed by atoms with Crippen molar-refractivity contribution in [3.63, 3.8) is 0 Å². The van der Waals surface area contributed by atoms with Gasteiger partial charge in [0.25, 0.3) is 11.8 Å². The van der Waals surface area contributed by atoms with Crippen molar-refractivity contribution in [2.75, 3.05) is 0 Å². The number of nitrogens with one attached hydrogen (secondary N) is 2. The first-order valence-corrected chi connectivity index (χ1v) is 10.7. The van der Waals surface area contributed by atoms with Crippen LogP contribution in [0.2, 0.25) is 0 Å². The van der Waals surface area contributed by atoms with Crippen LogP contribution in [0.1, 0.15) is 39.4 Å². The molecule has 2 aliphatic rings. The highest BCUT2D eigenvalue weighted by molar-refractivity contribution is 6.23. The number of H-pyrrole nitrogens is 1. The zero-order valence-corrected chi connectivity index (χ0v) is 17.7. The molecule has 2 aliphatic heterocycles. The lowest BCUT2D eigenvalue weighted by molar-refractivity contribution is -0.136. The number of hydrogen-bond donors (Lipinski definition) is 2. The molecular formula is C23H17N7O4. The van der Waals surface area contributed by atoms with E-state index in [2.05, 4.69) is 25.6 Å². The summed E-state index contributed by atoms with van der Waals surface area (Å²) in [7, 11) is 0. The molecule has 4 heterocycles. The number of carbonyl (C=O) groups excluding carboxylic acids is 4. The van der Waals surface area contributed by atoms with Crippen molar-refractivity contribution in [1.29, 1.82) is 0 Å². The summed E-state index contributed by atoms with van der Waals surface area (Å²) in [5, 5.41) is 10.5. The number of benzene rings is 2. The number of imide groups is 2. The fraction of sp³-hybridized carbons (Fsp3) is 0.174. The third kappa shape index (κ3) is 3.17. The maximum absolute atomic E-state index is 13.0. The molecule has 1 atom stereocenters. The quantitative estimate of drug-likeness (QED) is 0.441. The maximum Gasteiger partial charge on any atom is 0.262 e. The van der Waals surface area contributed by atoms with E-state index >= 15 is 0 Å². The van der Waals surface area contributed by atoms with Crippen LogP contribution >= 0.6 is 0 Å². The third-order valence-electron chi connectivity index (χ3n) is 6.02. The number of fused-ring (bicyclic) bond motifs is 2. The summed E-state index contributed by atoms with van der Waals surface area (Å²) >= 11 is 0. The Morgan fingerprint density at radius 1 is 1.00 bits per heavy atom. The van der Waals surface area contributed by atoms with Crippen molar-refractivity contribution in [1.82, 2.24) is 35.2 Å². The molecule has 4 aromatic rings. The number of nitrogens with zero attached hydrogens (tertiary/aromatic N) is 5. The molecule has 1 saturated heterocycles. The minimum atomic E-state index is -1.00. The summed E-state index contributed by atoms with van der Waals surface area (Å²) < 4.78 is 1.63. The number of imidazole rings is 1. The van der Waals surface area contributed by atoms with E-state index in [1.807, 2.05) is 24.3 Å². The first-order valence-electron chi connectivity index (χ1n) is 10.7. The molecule has 4 amide bonds. The molecule has 11 nitrogen and oxygen atoms in total. The van der Waals surface area contributed by atoms with E-state index in [0.29, 0.717) is 17.8 Å². The zero-order chi connectivity index (χ0) is 23.4. The predicted octanol–water partition coefficient (Wildman–Crippen LogP) is 1.27. The average Bonchev–Trinajstić information content (AvgIpc) is 3.52. The highest BCUT2D eigenvalue weighted by atomic mass is 16.2. The Bertz CT molecular complexity index is 1490. The first kappa shape index (κ1) is 20.0.